The Morgan fingerprint density at radius 2 is 2.19 bits per heavy atom. The summed E-state index contributed by atoms with van der Waals surface area (Å²) in [5.41, 5.74) is 4.56. The predicted molar refractivity (Wildman–Crippen MR) is 121 cm³/mol. The van der Waals surface area contributed by atoms with E-state index in [9.17, 15) is 5.21 Å². The summed E-state index contributed by atoms with van der Waals surface area (Å²) in [4.78, 5) is 2.29. The Balaban J connectivity index is 1.63. The summed E-state index contributed by atoms with van der Waals surface area (Å²) in [5.74, 6) is 2.49. The molecule has 1 aromatic carbocycles. The summed E-state index contributed by atoms with van der Waals surface area (Å²) < 4.78 is 17.1. The number of hydrogen-bond acceptors (Lipinski definition) is 6. The second-order valence-electron chi connectivity index (χ2n) is 9.57. The molecule has 0 saturated carbocycles. The van der Waals surface area contributed by atoms with Gasteiger partial charge >= 0.3 is 0 Å². The number of hydrogen-bond donors (Lipinski definition) is 1. The zero-order valence-corrected chi connectivity index (χ0v) is 19.3. The molecule has 6 nitrogen and oxygen atoms in total. The number of nitrogens with zero attached hydrogens (tertiary/aromatic N) is 2. The van der Waals surface area contributed by atoms with Crippen LogP contribution >= 0.6 is 0 Å². The lowest BCUT2D eigenvalue weighted by Gasteiger charge is -2.37. The third-order valence-electron chi connectivity index (χ3n) is 7.15. The fraction of sp³-hybridized carbons (Fsp3) is 0.560. The van der Waals surface area contributed by atoms with Gasteiger partial charge in [0.05, 0.1) is 12.8 Å². The minimum absolute atomic E-state index is 0.0276. The van der Waals surface area contributed by atoms with Crippen molar-refractivity contribution in [2.75, 3.05) is 27.5 Å². The molecule has 0 saturated heterocycles. The Kier molecular flexibility index (Phi) is 6.02. The average Bonchev–Trinajstić information content (AvgIpc) is 3.20. The summed E-state index contributed by atoms with van der Waals surface area (Å²) in [6.45, 7) is 7.95. The van der Waals surface area contributed by atoms with Crippen LogP contribution in [-0.2, 0) is 6.42 Å². The second kappa shape index (κ2) is 8.58. The zero-order valence-electron chi connectivity index (χ0n) is 19.3. The van der Waals surface area contributed by atoms with Crippen LogP contribution in [0.4, 0.5) is 0 Å². The number of rotatable bonds is 5. The molecule has 3 aliphatic rings. The van der Waals surface area contributed by atoms with Crippen molar-refractivity contribution in [2.24, 2.45) is 16.5 Å². The molecule has 168 valence electrons. The van der Waals surface area contributed by atoms with Gasteiger partial charge in [0.15, 0.2) is 11.5 Å². The molecule has 2 atom stereocenters. The Bertz CT molecular complexity index is 932. The number of ether oxygens (including phenoxy) is 3. The van der Waals surface area contributed by atoms with Gasteiger partial charge in [0.1, 0.15) is 0 Å². The van der Waals surface area contributed by atoms with E-state index in [-0.39, 0.29) is 18.2 Å². The van der Waals surface area contributed by atoms with E-state index in [1.54, 1.807) is 7.11 Å². The highest BCUT2D eigenvalue weighted by Crippen LogP contribution is 2.50. The van der Waals surface area contributed by atoms with Crippen LogP contribution in [0.15, 0.2) is 35.0 Å². The SMILES string of the molecule is COc1c2c(cc3c1[C@H](CC(/C=C/[C@H]1C(C)=CCCC1(C)C)=N\O)N(C)CC3)OCO2. The van der Waals surface area contributed by atoms with Gasteiger partial charge in [-0.1, -0.05) is 36.7 Å². The van der Waals surface area contributed by atoms with E-state index in [0.29, 0.717) is 23.8 Å². The molecule has 0 unspecified atom stereocenters. The van der Waals surface area contributed by atoms with E-state index in [2.05, 4.69) is 56.1 Å². The molecule has 0 aromatic heterocycles. The fourth-order valence-corrected chi connectivity index (χ4v) is 5.31. The molecule has 2 heterocycles. The highest BCUT2D eigenvalue weighted by molar-refractivity contribution is 5.95. The molecule has 1 aromatic rings. The summed E-state index contributed by atoms with van der Waals surface area (Å²) in [6.07, 6.45) is 10.3. The van der Waals surface area contributed by atoms with E-state index in [1.165, 1.54) is 11.1 Å². The third kappa shape index (κ3) is 4.05. The fourth-order valence-electron chi connectivity index (χ4n) is 5.31. The van der Waals surface area contributed by atoms with Gasteiger partial charge in [-0.15, -0.1) is 0 Å². The van der Waals surface area contributed by atoms with Crippen LogP contribution in [-0.4, -0.2) is 43.3 Å². The lowest BCUT2D eigenvalue weighted by molar-refractivity contribution is 0.170. The van der Waals surface area contributed by atoms with Crippen molar-refractivity contribution in [1.82, 2.24) is 4.90 Å². The molecule has 6 heteroatoms. The van der Waals surface area contributed by atoms with Gasteiger partial charge in [0, 0.05) is 30.5 Å². The van der Waals surface area contributed by atoms with E-state index in [4.69, 9.17) is 14.2 Å². The summed E-state index contributed by atoms with van der Waals surface area (Å²) in [5, 5.41) is 13.5. The van der Waals surface area contributed by atoms with Crippen LogP contribution < -0.4 is 14.2 Å². The van der Waals surface area contributed by atoms with Crippen molar-refractivity contribution in [1.29, 1.82) is 0 Å². The number of benzene rings is 1. The van der Waals surface area contributed by atoms with Crippen LogP contribution in [0.3, 0.4) is 0 Å². The van der Waals surface area contributed by atoms with Crippen LogP contribution in [0.5, 0.6) is 17.2 Å². The van der Waals surface area contributed by atoms with Crippen LogP contribution in [0, 0.1) is 11.3 Å². The summed E-state index contributed by atoms with van der Waals surface area (Å²) in [7, 11) is 3.78. The Hall–Kier alpha value is -2.47. The first-order chi connectivity index (χ1) is 14.9. The van der Waals surface area contributed by atoms with Crippen molar-refractivity contribution < 1.29 is 19.4 Å². The van der Waals surface area contributed by atoms with Crippen LogP contribution in [0.2, 0.25) is 0 Å². The number of likely N-dealkylation sites (N-methyl/N-ethyl adjacent to an activating group) is 1. The molecular weight excluding hydrogens is 392 g/mol. The first-order valence-corrected chi connectivity index (χ1v) is 11.1. The number of allylic oxidation sites excluding steroid dienone is 4. The minimum atomic E-state index is 0.0276. The first-order valence-electron chi connectivity index (χ1n) is 11.1. The normalized spacial score (nSPS) is 25.5. The van der Waals surface area contributed by atoms with Crippen molar-refractivity contribution in [3.05, 3.63) is 41.0 Å². The summed E-state index contributed by atoms with van der Waals surface area (Å²) >= 11 is 0. The highest BCUT2D eigenvalue weighted by atomic mass is 16.7. The van der Waals surface area contributed by atoms with Gasteiger partial charge < -0.3 is 19.4 Å². The molecule has 1 aliphatic carbocycles. The molecule has 31 heavy (non-hydrogen) atoms. The van der Waals surface area contributed by atoms with Gasteiger partial charge in [0.2, 0.25) is 12.5 Å². The molecule has 1 N–H and O–H groups in total. The number of oxime groups is 1. The van der Waals surface area contributed by atoms with Crippen molar-refractivity contribution in [3.8, 4) is 17.2 Å². The van der Waals surface area contributed by atoms with E-state index in [0.717, 1.165) is 42.9 Å². The molecule has 0 bridgehead atoms. The maximum Gasteiger partial charge on any atom is 0.231 e. The number of fused-ring (bicyclic) bond motifs is 2. The van der Waals surface area contributed by atoms with E-state index in [1.807, 2.05) is 6.08 Å². The molecule has 4 rings (SSSR count). The standard InChI is InChI=1S/C25H34N2O4/c1-16-7-6-11-25(2,3)19(16)9-8-18(26-28)14-20-22-17(10-12-27(20)4)13-21-23(24(22)29-5)31-15-30-21/h7-9,13,19-20,28H,6,10-12,14-15H2,1-5H3/b9-8+,26-18-/t19-,20-/m0/s1. The van der Waals surface area contributed by atoms with Gasteiger partial charge in [-0.05, 0) is 56.4 Å². The Morgan fingerprint density at radius 1 is 1.39 bits per heavy atom. The van der Waals surface area contributed by atoms with Gasteiger partial charge in [-0.25, -0.2) is 0 Å². The second-order valence-corrected chi connectivity index (χ2v) is 9.57. The van der Waals surface area contributed by atoms with Crippen LogP contribution in [0.1, 0.15) is 57.2 Å². The molecule has 2 aliphatic heterocycles. The van der Waals surface area contributed by atoms with Gasteiger partial charge in [0.25, 0.3) is 0 Å². The van der Waals surface area contributed by atoms with Crippen molar-refractivity contribution >= 4 is 5.71 Å². The number of methoxy groups -OCH3 is 1. The molecule has 0 radical (unpaired) electrons. The largest absolute Gasteiger partial charge is 0.492 e. The first kappa shape index (κ1) is 21.8. The van der Waals surface area contributed by atoms with Crippen molar-refractivity contribution in [3.63, 3.8) is 0 Å². The molecular formula is C25H34N2O4. The van der Waals surface area contributed by atoms with Crippen molar-refractivity contribution in [2.45, 2.75) is 52.5 Å². The van der Waals surface area contributed by atoms with Crippen LogP contribution in [0.25, 0.3) is 0 Å². The third-order valence-corrected chi connectivity index (χ3v) is 7.15. The Morgan fingerprint density at radius 3 is 2.90 bits per heavy atom. The van der Waals surface area contributed by atoms with Gasteiger partial charge in [-0.3, -0.25) is 4.90 Å². The quantitative estimate of drug-likeness (QED) is 0.307. The van der Waals surface area contributed by atoms with E-state index < -0.39 is 0 Å². The lowest BCUT2D eigenvalue weighted by Crippen LogP contribution is -2.34. The summed E-state index contributed by atoms with van der Waals surface area (Å²) in [6, 6.07) is 2.10. The van der Waals surface area contributed by atoms with E-state index >= 15 is 0 Å². The molecule has 0 spiro atoms. The highest BCUT2D eigenvalue weighted by Gasteiger charge is 2.35. The average molecular weight is 427 g/mol. The molecule has 0 fully saturated rings. The monoisotopic (exact) mass is 426 g/mol. The minimum Gasteiger partial charge on any atom is -0.492 e. The Labute approximate surface area is 185 Å². The predicted octanol–water partition coefficient (Wildman–Crippen LogP) is 5.11. The van der Waals surface area contributed by atoms with Gasteiger partial charge in [-0.2, -0.15) is 0 Å². The zero-order chi connectivity index (χ0) is 22.2. The smallest absolute Gasteiger partial charge is 0.231 e. The maximum atomic E-state index is 9.83. The molecule has 0 amide bonds. The lowest BCUT2D eigenvalue weighted by atomic mass is 9.68. The topological polar surface area (TPSA) is 63.5 Å². The maximum absolute atomic E-state index is 9.83.